The third-order valence-corrected chi connectivity index (χ3v) is 5.24. The van der Waals surface area contributed by atoms with Crippen molar-refractivity contribution < 1.29 is 4.79 Å². The Balaban J connectivity index is 2.01. The molecule has 0 spiro atoms. The summed E-state index contributed by atoms with van der Waals surface area (Å²) < 4.78 is 1.10. The molecule has 2 unspecified atom stereocenters. The van der Waals surface area contributed by atoms with Gasteiger partial charge in [0, 0.05) is 29.7 Å². The molecule has 1 heterocycles. The standard InChI is InChI=1S/C11H15NOS2/c1-2-8-3-4-9(13)7-10(8)15-11-12-5-6-14-11/h5-6,8,10H,2-4,7H2,1H3. The van der Waals surface area contributed by atoms with E-state index in [0.29, 0.717) is 17.0 Å². The Hall–Kier alpha value is -0.350. The zero-order valence-electron chi connectivity index (χ0n) is 8.81. The van der Waals surface area contributed by atoms with Crippen molar-refractivity contribution in [2.75, 3.05) is 0 Å². The summed E-state index contributed by atoms with van der Waals surface area (Å²) in [6.45, 7) is 2.22. The molecular formula is C11H15NOS2. The van der Waals surface area contributed by atoms with Gasteiger partial charge in [-0.25, -0.2) is 4.98 Å². The van der Waals surface area contributed by atoms with Crippen LogP contribution in [0, 0.1) is 5.92 Å². The van der Waals surface area contributed by atoms with Gasteiger partial charge >= 0.3 is 0 Å². The van der Waals surface area contributed by atoms with Gasteiger partial charge in [-0.2, -0.15) is 0 Å². The average molecular weight is 241 g/mol. The molecule has 1 aromatic rings. The second kappa shape index (κ2) is 5.12. The van der Waals surface area contributed by atoms with Gasteiger partial charge in [-0.1, -0.05) is 25.1 Å². The predicted octanol–water partition coefficient (Wildman–Crippen LogP) is 3.38. The Labute approximate surface area is 98.5 Å². The summed E-state index contributed by atoms with van der Waals surface area (Å²) in [7, 11) is 0. The van der Waals surface area contributed by atoms with E-state index in [1.54, 1.807) is 23.1 Å². The first-order valence-corrected chi connectivity index (χ1v) is 7.13. The number of nitrogens with zero attached hydrogens (tertiary/aromatic N) is 1. The lowest BCUT2D eigenvalue weighted by Crippen LogP contribution is -2.26. The molecule has 0 saturated heterocycles. The highest BCUT2D eigenvalue weighted by Gasteiger charge is 2.29. The lowest BCUT2D eigenvalue weighted by Gasteiger charge is -2.28. The zero-order chi connectivity index (χ0) is 10.7. The largest absolute Gasteiger partial charge is 0.300 e. The predicted molar refractivity (Wildman–Crippen MR) is 64.4 cm³/mol. The monoisotopic (exact) mass is 241 g/mol. The molecule has 1 aliphatic carbocycles. The van der Waals surface area contributed by atoms with E-state index in [-0.39, 0.29) is 0 Å². The fourth-order valence-corrected chi connectivity index (χ4v) is 4.32. The number of carbonyl (C=O) groups excluding carboxylic acids is 1. The van der Waals surface area contributed by atoms with Crippen LogP contribution in [0.3, 0.4) is 0 Å². The van der Waals surface area contributed by atoms with Crippen molar-refractivity contribution in [3.05, 3.63) is 11.6 Å². The Kier molecular flexibility index (Phi) is 3.81. The lowest BCUT2D eigenvalue weighted by molar-refractivity contribution is -0.120. The molecule has 0 bridgehead atoms. The molecule has 0 aliphatic heterocycles. The average Bonchev–Trinajstić information content (AvgIpc) is 2.71. The third-order valence-electron chi connectivity index (χ3n) is 2.93. The van der Waals surface area contributed by atoms with E-state index in [0.717, 1.165) is 23.6 Å². The minimum Gasteiger partial charge on any atom is -0.300 e. The fourth-order valence-electron chi connectivity index (χ4n) is 2.03. The first-order chi connectivity index (χ1) is 7.29. The summed E-state index contributed by atoms with van der Waals surface area (Å²) in [5, 5.41) is 2.45. The molecule has 0 N–H and O–H groups in total. The highest BCUT2D eigenvalue weighted by Crippen LogP contribution is 2.38. The number of thiazole rings is 1. The number of rotatable bonds is 3. The molecular weight excluding hydrogens is 226 g/mol. The van der Waals surface area contributed by atoms with Crippen LogP contribution in [-0.2, 0) is 4.79 Å². The second-order valence-electron chi connectivity index (χ2n) is 3.90. The number of ketones is 1. The van der Waals surface area contributed by atoms with E-state index >= 15 is 0 Å². The topological polar surface area (TPSA) is 30.0 Å². The highest BCUT2D eigenvalue weighted by atomic mass is 32.2. The molecule has 1 aromatic heterocycles. The quantitative estimate of drug-likeness (QED) is 0.812. The van der Waals surface area contributed by atoms with Crippen LogP contribution in [0.25, 0.3) is 0 Å². The SMILES string of the molecule is CCC1CCC(=O)CC1Sc1nccs1. The van der Waals surface area contributed by atoms with Crippen molar-refractivity contribution >= 4 is 28.9 Å². The van der Waals surface area contributed by atoms with E-state index < -0.39 is 0 Å². The van der Waals surface area contributed by atoms with E-state index in [4.69, 9.17) is 0 Å². The molecule has 1 fully saturated rings. The van der Waals surface area contributed by atoms with Crippen molar-refractivity contribution in [3.8, 4) is 0 Å². The summed E-state index contributed by atoms with van der Waals surface area (Å²) in [5.41, 5.74) is 0. The van der Waals surface area contributed by atoms with Crippen LogP contribution in [0.2, 0.25) is 0 Å². The van der Waals surface area contributed by atoms with Gasteiger partial charge < -0.3 is 0 Å². The highest BCUT2D eigenvalue weighted by molar-refractivity contribution is 8.01. The van der Waals surface area contributed by atoms with Crippen LogP contribution in [-0.4, -0.2) is 16.0 Å². The van der Waals surface area contributed by atoms with Crippen molar-refractivity contribution in [3.63, 3.8) is 0 Å². The molecule has 2 rings (SSSR count). The molecule has 4 heteroatoms. The first kappa shape index (κ1) is 11.1. The molecule has 0 amide bonds. The van der Waals surface area contributed by atoms with Crippen LogP contribution in [0.15, 0.2) is 15.9 Å². The van der Waals surface area contributed by atoms with Gasteiger partial charge in [0.25, 0.3) is 0 Å². The zero-order valence-corrected chi connectivity index (χ0v) is 10.4. The van der Waals surface area contributed by atoms with Crippen LogP contribution in [0.5, 0.6) is 0 Å². The van der Waals surface area contributed by atoms with Crippen molar-refractivity contribution in [1.82, 2.24) is 4.98 Å². The summed E-state index contributed by atoms with van der Waals surface area (Å²) in [6, 6.07) is 0. The maximum absolute atomic E-state index is 11.4. The number of hydrogen-bond acceptors (Lipinski definition) is 4. The Morgan fingerprint density at radius 3 is 3.20 bits per heavy atom. The Bertz CT molecular complexity index is 323. The molecule has 2 nitrogen and oxygen atoms in total. The Morgan fingerprint density at radius 1 is 1.67 bits per heavy atom. The molecule has 1 saturated carbocycles. The van der Waals surface area contributed by atoms with Crippen LogP contribution in [0.1, 0.15) is 32.6 Å². The smallest absolute Gasteiger partial charge is 0.150 e. The van der Waals surface area contributed by atoms with Crippen molar-refractivity contribution in [2.45, 2.75) is 42.2 Å². The van der Waals surface area contributed by atoms with Gasteiger partial charge in [0.05, 0.1) is 0 Å². The number of Topliss-reactive ketones (excluding diaryl/α,β-unsaturated/α-hetero) is 1. The minimum atomic E-state index is 0.425. The normalized spacial score (nSPS) is 26.9. The number of carbonyl (C=O) groups is 1. The fraction of sp³-hybridized carbons (Fsp3) is 0.636. The first-order valence-electron chi connectivity index (χ1n) is 5.37. The molecule has 2 atom stereocenters. The molecule has 1 aliphatic rings. The maximum Gasteiger partial charge on any atom is 0.150 e. The summed E-state index contributed by atoms with van der Waals surface area (Å²) >= 11 is 3.47. The van der Waals surface area contributed by atoms with Gasteiger partial charge in [-0.3, -0.25) is 4.79 Å². The van der Waals surface area contributed by atoms with Gasteiger partial charge in [-0.05, 0) is 12.3 Å². The summed E-state index contributed by atoms with van der Waals surface area (Å²) in [4.78, 5) is 15.7. The van der Waals surface area contributed by atoms with E-state index in [1.165, 1.54) is 6.42 Å². The van der Waals surface area contributed by atoms with Gasteiger partial charge in [0.2, 0.25) is 0 Å². The van der Waals surface area contributed by atoms with Crippen LogP contribution >= 0.6 is 23.1 Å². The number of hydrogen-bond donors (Lipinski definition) is 0. The summed E-state index contributed by atoms with van der Waals surface area (Å²) in [5.74, 6) is 1.12. The summed E-state index contributed by atoms with van der Waals surface area (Å²) in [6.07, 6.45) is 5.60. The van der Waals surface area contributed by atoms with E-state index in [9.17, 15) is 4.79 Å². The Morgan fingerprint density at radius 2 is 2.53 bits per heavy atom. The molecule has 0 aromatic carbocycles. The van der Waals surface area contributed by atoms with Crippen molar-refractivity contribution in [2.24, 2.45) is 5.92 Å². The van der Waals surface area contributed by atoms with Gasteiger partial charge in [-0.15, -0.1) is 11.3 Å². The second-order valence-corrected chi connectivity index (χ2v) is 6.29. The van der Waals surface area contributed by atoms with Crippen LogP contribution in [0.4, 0.5) is 0 Å². The number of aromatic nitrogens is 1. The molecule has 82 valence electrons. The molecule has 15 heavy (non-hydrogen) atoms. The molecule has 0 radical (unpaired) electrons. The van der Waals surface area contributed by atoms with E-state index in [1.807, 2.05) is 11.6 Å². The maximum atomic E-state index is 11.4. The van der Waals surface area contributed by atoms with Gasteiger partial charge in [0.1, 0.15) is 10.1 Å². The van der Waals surface area contributed by atoms with Crippen molar-refractivity contribution in [1.29, 1.82) is 0 Å². The lowest BCUT2D eigenvalue weighted by atomic mass is 9.86. The van der Waals surface area contributed by atoms with Crippen LogP contribution < -0.4 is 0 Å². The number of thioether (sulfide) groups is 1. The van der Waals surface area contributed by atoms with E-state index in [2.05, 4.69) is 11.9 Å². The minimum absolute atomic E-state index is 0.425. The third kappa shape index (κ3) is 2.82. The van der Waals surface area contributed by atoms with Gasteiger partial charge in [0.15, 0.2) is 0 Å².